The molecule has 2 unspecified atom stereocenters. The van der Waals surface area contributed by atoms with E-state index in [1.807, 2.05) is 0 Å². The van der Waals surface area contributed by atoms with Crippen molar-refractivity contribution >= 4 is 19.8 Å². The highest BCUT2D eigenvalue weighted by Gasteiger charge is 2.26. The highest BCUT2D eigenvalue weighted by molar-refractivity contribution is 7.47. The first-order valence-corrected chi connectivity index (χ1v) is 39.2. The third-order valence-electron chi connectivity index (χ3n) is 16.0. The molecule has 522 valence electrons. The predicted molar refractivity (Wildman–Crippen MR) is 394 cm³/mol. The van der Waals surface area contributed by atoms with E-state index in [2.05, 4.69) is 148 Å². The number of hydrogen-bond donors (Lipinski definition) is 2. The van der Waals surface area contributed by atoms with E-state index in [0.29, 0.717) is 6.42 Å². The fourth-order valence-corrected chi connectivity index (χ4v) is 11.3. The molecule has 0 aliphatic carbocycles. The first-order valence-electron chi connectivity index (χ1n) is 37.7. The molecule has 3 N–H and O–H groups in total. The van der Waals surface area contributed by atoms with Crippen LogP contribution in [-0.4, -0.2) is 49.3 Å². The normalized spacial score (nSPS) is 13.7. The molecule has 0 radical (unpaired) electrons. The number of nitrogens with two attached hydrogens (primary N) is 1. The summed E-state index contributed by atoms with van der Waals surface area (Å²) in [5.74, 6) is -0.819. The van der Waals surface area contributed by atoms with E-state index < -0.39 is 26.5 Å². The number of allylic oxidation sites excluding steroid dienone is 22. The number of esters is 2. The average molecular weight is 1290 g/mol. The van der Waals surface area contributed by atoms with Crippen LogP contribution in [-0.2, 0) is 32.7 Å². The molecular weight excluding hydrogens is 1150 g/mol. The van der Waals surface area contributed by atoms with Gasteiger partial charge in [-0.1, -0.05) is 347 Å². The van der Waals surface area contributed by atoms with Crippen LogP contribution in [0.2, 0.25) is 0 Å². The molecule has 0 saturated carbocycles. The van der Waals surface area contributed by atoms with Gasteiger partial charge in [-0.15, -0.1) is 0 Å². The summed E-state index contributed by atoms with van der Waals surface area (Å²) in [6.45, 7) is 3.55. The Morgan fingerprint density at radius 2 is 0.571 bits per heavy atom. The van der Waals surface area contributed by atoms with Crippen LogP contribution in [0.5, 0.6) is 0 Å². The monoisotopic (exact) mass is 1290 g/mol. The molecule has 0 fully saturated rings. The van der Waals surface area contributed by atoms with Crippen molar-refractivity contribution in [2.45, 2.75) is 341 Å². The van der Waals surface area contributed by atoms with Gasteiger partial charge in [0.1, 0.15) is 6.61 Å². The molecule has 10 heteroatoms. The molecule has 0 aromatic carbocycles. The van der Waals surface area contributed by atoms with E-state index in [-0.39, 0.29) is 38.6 Å². The fourth-order valence-electron chi connectivity index (χ4n) is 10.6. The van der Waals surface area contributed by atoms with Crippen LogP contribution in [0.3, 0.4) is 0 Å². The minimum Gasteiger partial charge on any atom is -0.462 e. The quantitative estimate of drug-likeness (QED) is 0.0264. The summed E-state index contributed by atoms with van der Waals surface area (Å²) < 4.78 is 33.2. The highest BCUT2D eigenvalue weighted by Crippen LogP contribution is 2.43. The lowest BCUT2D eigenvalue weighted by Gasteiger charge is -2.19. The van der Waals surface area contributed by atoms with Crippen molar-refractivity contribution in [2.75, 3.05) is 26.4 Å². The molecule has 0 amide bonds. The zero-order chi connectivity index (χ0) is 65.8. The summed E-state index contributed by atoms with van der Waals surface area (Å²) in [6.07, 6.45) is 107. The van der Waals surface area contributed by atoms with E-state index in [4.69, 9.17) is 24.3 Å². The van der Waals surface area contributed by atoms with Crippen molar-refractivity contribution in [1.29, 1.82) is 0 Å². The molecule has 0 rings (SSSR count). The summed E-state index contributed by atoms with van der Waals surface area (Å²) in [6, 6.07) is 0. The Morgan fingerprint density at radius 1 is 0.330 bits per heavy atom. The Balaban J connectivity index is 3.85. The maximum absolute atomic E-state index is 12.8. The number of rotatable bonds is 70. The van der Waals surface area contributed by atoms with Crippen LogP contribution in [0.1, 0.15) is 335 Å². The van der Waals surface area contributed by atoms with Crippen LogP contribution in [0, 0.1) is 0 Å². The van der Waals surface area contributed by atoms with Crippen molar-refractivity contribution in [3.8, 4) is 0 Å². The van der Waals surface area contributed by atoms with E-state index in [1.165, 1.54) is 193 Å². The second kappa shape index (κ2) is 75.2. The average Bonchev–Trinajstić information content (AvgIpc) is 3.74. The maximum Gasteiger partial charge on any atom is 0.472 e. The Kier molecular flexibility index (Phi) is 72.0. The van der Waals surface area contributed by atoms with Gasteiger partial charge in [-0.05, 0) is 109 Å². The summed E-state index contributed by atoms with van der Waals surface area (Å²) in [4.78, 5) is 35.4. The summed E-state index contributed by atoms with van der Waals surface area (Å²) >= 11 is 0. The minimum atomic E-state index is -4.40. The molecule has 91 heavy (non-hydrogen) atoms. The van der Waals surface area contributed by atoms with Crippen LogP contribution in [0.25, 0.3) is 0 Å². The Bertz CT molecular complexity index is 1960. The van der Waals surface area contributed by atoms with Crippen molar-refractivity contribution in [2.24, 2.45) is 5.73 Å². The minimum absolute atomic E-state index is 0.0504. The van der Waals surface area contributed by atoms with Gasteiger partial charge in [0.05, 0.1) is 13.2 Å². The van der Waals surface area contributed by atoms with Gasteiger partial charge in [-0.3, -0.25) is 18.6 Å². The molecule has 0 aliphatic heterocycles. The molecule has 0 bridgehead atoms. The second-order valence-corrected chi connectivity index (χ2v) is 26.2. The van der Waals surface area contributed by atoms with Gasteiger partial charge in [0.25, 0.3) is 0 Å². The molecule has 0 heterocycles. The number of carbonyl (C=O) groups is 2. The number of carbonyl (C=O) groups excluding carboxylic acids is 2. The van der Waals surface area contributed by atoms with Crippen LogP contribution < -0.4 is 5.73 Å². The van der Waals surface area contributed by atoms with Crippen molar-refractivity contribution in [1.82, 2.24) is 0 Å². The molecule has 0 aliphatic rings. The Labute approximate surface area is 561 Å². The van der Waals surface area contributed by atoms with Crippen LogP contribution in [0.15, 0.2) is 134 Å². The van der Waals surface area contributed by atoms with Gasteiger partial charge >= 0.3 is 19.8 Å². The van der Waals surface area contributed by atoms with E-state index in [9.17, 15) is 19.0 Å². The van der Waals surface area contributed by atoms with Crippen molar-refractivity contribution in [3.63, 3.8) is 0 Å². The summed E-state index contributed by atoms with van der Waals surface area (Å²) in [5.41, 5.74) is 5.41. The third kappa shape index (κ3) is 75.1. The predicted octanol–water partition coefficient (Wildman–Crippen LogP) is 25.2. The second-order valence-electron chi connectivity index (χ2n) is 24.8. The standard InChI is InChI=1S/C81H140NO8P/c1-3-5-7-9-11-13-15-17-19-21-23-25-27-29-31-33-35-37-38-39-40-42-44-46-48-50-52-54-56-58-60-62-64-66-68-70-72-74-81(84)90-79(78-89-91(85,86)88-76-75-82)77-87-80(83)73-71-69-67-65-63-61-59-57-55-53-51-49-47-45-43-41-36-34-32-30-28-26-24-22-20-18-16-14-12-10-8-6-4-2/h5-8,11-14,17-20,23-26,29,31,35,37,39-40,79H,3-4,9-10,15-16,21-22,27-28,30,32-34,36,38,41-78,82H2,1-2H3,(H,85,86)/b7-5-,8-6-,13-11-,14-12-,19-17-,20-18-,25-23-,26-24-,31-29-,37-35-,40-39-. The van der Waals surface area contributed by atoms with Crippen molar-refractivity contribution < 1.29 is 37.6 Å². The SMILES string of the molecule is CC/C=C\C/C=C\C/C=C\C/C=C\C/C=C\C/C=C\C/C=C\CCCCCCCCCCCCCCCCCC(=O)OC(COC(=O)CCCCCCCCCCCCCCCCCCCCCC/C=C\C/C=C\C/C=C\C/C=C\CC)COP(=O)(O)OCCN. The molecule has 0 aromatic heterocycles. The lowest BCUT2D eigenvalue weighted by atomic mass is 10.0. The maximum atomic E-state index is 12.8. The number of hydrogen-bond acceptors (Lipinski definition) is 8. The van der Waals surface area contributed by atoms with Gasteiger partial charge in [0, 0.05) is 19.4 Å². The smallest absolute Gasteiger partial charge is 0.462 e. The van der Waals surface area contributed by atoms with E-state index in [1.54, 1.807) is 0 Å². The van der Waals surface area contributed by atoms with Gasteiger partial charge in [0.15, 0.2) is 6.10 Å². The number of phosphoric ester groups is 1. The molecule has 0 saturated heterocycles. The largest absolute Gasteiger partial charge is 0.472 e. The van der Waals surface area contributed by atoms with E-state index >= 15 is 0 Å². The van der Waals surface area contributed by atoms with Crippen LogP contribution in [0.4, 0.5) is 0 Å². The first kappa shape index (κ1) is 87.2. The molecule has 9 nitrogen and oxygen atoms in total. The molecule has 2 atom stereocenters. The highest BCUT2D eigenvalue weighted by atomic mass is 31.2. The molecule has 0 spiro atoms. The lowest BCUT2D eigenvalue weighted by molar-refractivity contribution is -0.161. The first-order chi connectivity index (χ1) is 44.8. The Hall–Kier alpha value is -3.85. The lowest BCUT2D eigenvalue weighted by Crippen LogP contribution is -2.29. The fraction of sp³-hybridized carbons (Fsp3) is 0.704. The topological polar surface area (TPSA) is 134 Å². The summed E-state index contributed by atoms with van der Waals surface area (Å²) in [7, 11) is -4.40. The Morgan fingerprint density at radius 3 is 0.846 bits per heavy atom. The van der Waals surface area contributed by atoms with Gasteiger partial charge in [-0.25, -0.2) is 4.57 Å². The van der Waals surface area contributed by atoms with Crippen LogP contribution >= 0.6 is 7.82 Å². The third-order valence-corrected chi connectivity index (χ3v) is 17.0. The molecule has 0 aromatic rings. The number of phosphoric acid groups is 1. The van der Waals surface area contributed by atoms with Gasteiger partial charge < -0.3 is 20.1 Å². The van der Waals surface area contributed by atoms with Gasteiger partial charge in [-0.2, -0.15) is 0 Å². The number of unbranched alkanes of at least 4 members (excludes halogenated alkanes) is 35. The zero-order valence-corrected chi connectivity index (χ0v) is 59.7. The summed E-state index contributed by atoms with van der Waals surface area (Å²) in [5, 5.41) is 0. The number of ether oxygens (including phenoxy) is 2. The van der Waals surface area contributed by atoms with Gasteiger partial charge in [0.2, 0.25) is 0 Å². The molecular formula is C81H140NO8P. The van der Waals surface area contributed by atoms with E-state index in [0.717, 1.165) is 109 Å². The zero-order valence-electron chi connectivity index (χ0n) is 58.8. The van der Waals surface area contributed by atoms with Crippen molar-refractivity contribution in [3.05, 3.63) is 134 Å².